The van der Waals surface area contributed by atoms with Crippen LogP contribution >= 0.6 is 0 Å². The van der Waals surface area contributed by atoms with Crippen molar-refractivity contribution in [3.63, 3.8) is 0 Å². The molecule has 3 rings (SSSR count). The van der Waals surface area contributed by atoms with Crippen LogP contribution in [0.1, 0.15) is 10.4 Å². The number of aromatic carboxylic acids is 1. The highest BCUT2D eigenvalue weighted by molar-refractivity contribution is 5.93. The number of carboxylic acid groups (broad SMARTS) is 1. The first-order valence-electron chi connectivity index (χ1n) is 6.24. The zero-order valence-electron chi connectivity index (χ0n) is 11.0. The van der Waals surface area contributed by atoms with Crippen LogP contribution in [0, 0.1) is 0 Å². The molecule has 0 unspecified atom stereocenters. The number of nitrogen functional groups attached to an aromatic ring is 1. The third-order valence-electron chi connectivity index (χ3n) is 3.08. The summed E-state index contributed by atoms with van der Waals surface area (Å²) in [7, 11) is 0. The molecule has 2 aromatic heterocycles. The minimum atomic E-state index is -1.09. The van der Waals surface area contributed by atoms with E-state index in [0.29, 0.717) is 5.82 Å². The van der Waals surface area contributed by atoms with Crippen LogP contribution in [0.2, 0.25) is 0 Å². The van der Waals surface area contributed by atoms with Crippen LogP contribution < -0.4 is 5.73 Å². The summed E-state index contributed by atoms with van der Waals surface area (Å²) < 4.78 is 1.52. The van der Waals surface area contributed by atoms with E-state index in [-0.39, 0.29) is 11.3 Å². The van der Waals surface area contributed by atoms with Crippen LogP contribution in [0.4, 0.5) is 5.69 Å². The van der Waals surface area contributed by atoms with E-state index in [1.165, 1.54) is 16.9 Å². The third kappa shape index (κ3) is 2.46. The molecule has 1 aromatic carbocycles. The third-order valence-corrected chi connectivity index (χ3v) is 3.08. The van der Waals surface area contributed by atoms with Crippen LogP contribution in [-0.2, 0) is 0 Å². The van der Waals surface area contributed by atoms with E-state index in [9.17, 15) is 4.79 Å². The first-order chi connectivity index (χ1) is 10.1. The fraction of sp³-hybridized carbons (Fsp3) is 0. The van der Waals surface area contributed by atoms with Crippen molar-refractivity contribution in [1.29, 1.82) is 0 Å². The Hall–Kier alpha value is -3.15. The second-order valence-electron chi connectivity index (χ2n) is 4.47. The summed E-state index contributed by atoms with van der Waals surface area (Å²) in [5, 5.41) is 13.3. The lowest BCUT2D eigenvalue weighted by atomic mass is 10.1. The number of nitrogens with two attached hydrogens (primary N) is 1. The van der Waals surface area contributed by atoms with Crippen molar-refractivity contribution in [2.75, 3.05) is 5.73 Å². The van der Waals surface area contributed by atoms with E-state index in [1.807, 2.05) is 30.3 Å². The number of benzene rings is 1. The van der Waals surface area contributed by atoms with Gasteiger partial charge in [-0.3, -0.25) is 0 Å². The monoisotopic (exact) mass is 280 g/mol. The Kier molecular flexibility index (Phi) is 3.12. The highest BCUT2D eigenvalue weighted by atomic mass is 16.4. The SMILES string of the molecule is Nc1cnc(-n2cc(-c3ccccc3)cn2)cc1C(=O)O. The molecule has 0 fully saturated rings. The highest BCUT2D eigenvalue weighted by Gasteiger charge is 2.11. The lowest BCUT2D eigenvalue weighted by Crippen LogP contribution is -2.06. The number of rotatable bonds is 3. The van der Waals surface area contributed by atoms with Crippen LogP contribution in [-0.4, -0.2) is 25.8 Å². The number of carbonyl (C=O) groups is 1. The van der Waals surface area contributed by atoms with Gasteiger partial charge < -0.3 is 10.8 Å². The Bertz CT molecular complexity index is 796. The standard InChI is InChI=1S/C15H12N4O2/c16-13-8-17-14(6-12(13)15(20)21)19-9-11(7-18-19)10-4-2-1-3-5-10/h1-9H,16H2,(H,20,21). The number of carboxylic acids is 1. The zero-order valence-corrected chi connectivity index (χ0v) is 11.0. The Balaban J connectivity index is 2.01. The molecule has 0 aliphatic rings. The maximum Gasteiger partial charge on any atom is 0.337 e. The molecule has 0 aliphatic heterocycles. The van der Waals surface area contributed by atoms with E-state index in [4.69, 9.17) is 10.8 Å². The minimum absolute atomic E-state index is 0.0109. The van der Waals surface area contributed by atoms with Crippen molar-refractivity contribution >= 4 is 11.7 Å². The van der Waals surface area contributed by atoms with Crippen LogP contribution in [0.25, 0.3) is 16.9 Å². The first kappa shape index (κ1) is 12.9. The summed E-state index contributed by atoms with van der Waals surface area (Å²) >= 11 is 0. The normalized spacial score (nSPS) is 10.5. The molecule has 0 radical (unpaired) electrons. The zero-order chi connectivity index (χ0) is 14.8. The summed E-state index contributed by atoms with van der Waals surface area (Å²) in [6, 6.07) is 11.2. The molecule has 104 valence electrons. The van der Waals surface area contributed by atoms with Crippen molar-refractivity contribution in [2.24, 2.45) is 0 Å². The number of hydrogen-bond acceptors (Lipinski definition) is 4. The van der Waals surface area contributed by atoms with Gasteiger partial charge in [0.15, 0.2) is 5.82 Å². The summed E-state index contributed by atoms with van der Waals surface area (Å²) in [6.07, 6.45) is 4.82. The van der Waals surface area contributed by atoms with Gasteiger partial charge in [0, 0.05) is 11.8 Å². The average Bonchev–Trinajstić information content (AvgIpc) is 2.98. The van der Waals surface area contributed by atoms with Gasteiger partial charge in [0.1, 0.15) is 0 Å². The number of nitrogens with zero attached hydrogens (tertiary/aromatic N) is 3. The van der Waals surface area contributed by atoms with Crippen molar-refractivity contribution in [3.8, 4) is 16.9 Å². The van der Waals surface area contributed by atoms with Gasteiger partial charge in [-0.25, -0.2) is 14.5 Å². The molecule has 0 atom stereocenters. The van der Waals surface area contributed by atoms with Crippen molar-refractivity contribution in [1.82, 2.24) is 14.8 Å². The largest absolute Gasteiger partial charge is 0.478 e. The van der Waals surface area contributed by atoms with Gasteiger partial charge in [-0.05, 0) is 11.6 Å². The molecule has 6 nitrogen and oxygen atoms in total. The topological polar surface area (TPSA) is 94.0 Å². The maximum atomic E-state index is 11.1. The van der Waals surface area contributed by atoms with E-state index in [1.54, 1.807) is 12.4 Å². The van der Waals surface area contributed by atoms with Gasteiger partial charge in [0.2, 0.25) is 0 Å². The molecule has 3 aromatic rings. The van der Waals surface area contributed by atoms with Crippen LogP contribution in [0.3, 0.4) is 0 Å². The second-order valence-corrected chi connectivity index (χ2v) is 4.47. The number of pyridine rings is 1. The molecule has 0 amide bonds. The molecule has 0 saturated heterocycles. The van der Waals surface area contributed by atoms with Gasteiger partial charge in [0.25, 0.3) is 0 Å². The van der Waals surface area contributed by atoms with Crippen molar-refractivity contribution < 1.29 is 9.90 Å². The smallest absolute Gasteiger partial charge is 0.337 e. The summed E-state index contributed by atoms with van der Waals surface area (Å²) in [5.41, 5.74) is 7.68. The summed E-state index contributed by atoms with van der Waals surface area (Å²) in [4.78, 5) is 15.2. The lowest BCUT2D eigenvalue weighted by molar-refractivity contribution is 0.0698. The Morgan fingerprint density at radius 2 is 1.90 bits per heavy atom. The Labute approximate surface area is 120 Å². The molecule has 0 aliphatic carbocycles. The molecule has 0 saturated carbocycles. The van der Waals surface area contributed by atoms with Gasteiger partial charge in [0.05, 0.1) is 23.6 Å². The molecular formula is C15H12N4O2. The molecule has 2 heterocycles. The first-order valence-corrected chi connectivity index (χ1v) is 6.24. The molecule has 0 bridgehead atoms. The molecule has 21 heavy (non-hydrogen) atoms. The van der Waals surface area contributed by atoms with E-state index in [2.05, 4.69) is 10.1 Å². The van der Waals surface area contributed by atoms with Crippen LogP contribution in [0.5, 0.6) is 0 Å². The summed E-state index contributed by atoms with van der Waals surface area (Å²) in [5.74, 6) is -0.685. The van der Waals surface area contributed by atoms with Gasteiger partial charge in [-0.15, -0.1) is 0 Å². The van der Waals surface area contributed by atoms with E-state index in [0.717, 1.165) is 11.1 Å². The number of aromatic nitrogens is 3. The van der Waals surface area contributed by atoms with E-state index >= 15 is 0 Å². The fourth-order valence-electron chi connectivity index (χ4n) is 1.99. The predicted molar refractivity (Wildman–Crippen MR) is 78.2 cm³/mol. The van der Waals surface area contributed by atoms with Gasteiger partial charge >= 0.3 is 5.97 Å². The average molecular weight is 280 g/mol. The molecular weight excluding hydrogens is 268 g/mol. The minimum Gasteiger partial charge on any atom is -0.478 e. The maximum absolute atomic E-state index is 11.1. The van der Waals surface area contributed by atoms with E-state index < -0.39 is 5.97 Å². The van der Waals surface area contributed by atoms with Crippen molar-refractivity contribution in [3.05, 3.63) is 60.6 Å². The fourth-order valence-corrected chi connectivity index (χ4v) is 1.99. The molecule has 0 spiro atoms. The Morgan fingerprint density at radius 3 is 2.62 bits per heavy atom. The van der Waals surface area contributed by atoms with Crippen molar-refractivity contribution in [2.45, 2.75) is 0 Å². The predicted octanol–water partition coefficient (Wildman–Crippen LogP) is 2.21. The van der Waals surface area contributed by atoms with Crippen LogP contribution in [0.15, 0.2) is 55.0 Å². The molecule has 6 heteroatoms. The van der Waals surface area contributed by atoms with Gasteiger partial charge in [-0.2, -0.15) is 5.10 Å². The Morgan fingerprint density at radius 1 is 1.14 bits per heavy atom. The molecule has 3 N–H and O–H groups in total. The number of hydrogen-bond donors (Lipinski definition) is 2. The second kappa shape index (κ2) is 5.09. The number of anilines is 1. The quantitative estimate of drug-likeness (QED) is 0.767. The van der Waals surface area contributed by atoms with Gasteiger partial charge in [-0.1, -0.05) is 30.3 Å². The highest BCUT2D eigenvalue weighted by Crippen LogP contribution is 2.20. The summed E-state index contributed by atoms with van der Waals surface area (Å²) in [6.45, 7) is 0. The lowest BCUT2D eigenvalue weighted by Gasteiger charge is -2.04.